The van der Waals surface area contributed by atoms with Crippen molar-refractivity contribution in [2.45, 2.75) is 38.5 Å². The molecule has 50 heavy (non-hydrogen) atoms. The molecule has 0 N–H and O–H groups in total. The van der Waals surface area contributed by atoms with Crippen molar-refractivity contribution in [1.82, 2.24) is 0 Å². The second kappa shape index (κ2) is 10.3. The van der Waals surface area contributed by atoms with Crippen LogP contribution in [-0.4, -0.2) is 0 Å². The van der Waals surface area contributed by atoms with Crippen LogP contribution in [0.3, 0.4) is 0 Å². The highest BCUT2D eigenvalue weighted by molar-refractivity contribution is 6.07. The Hall–Kier alpha value is -5.86. The van der Waals surface area contributed by atoms with E-state index < -0.39 is 0 Å². The van der Waals surface area contributed by atoms with Gasteiger partial charge in [-0.15, -0.1) is 0 Å². The third kappa shape index (κ3) is 4.02. The molecule has 0 bridgehead atoms. The van der Waals surface area contributed by atoms with Gasteiger partial charge in [0.1, 0.15) is 11.2 Å². The van der Waals surface area contributed by atoms with E-state index in [-0.39, 0.29) is 10.8 Å². The fraction of sp³-hybridized carbons (Fsp3) is 0.125. The molecule has 10 rings (SSSR count). The summed E-state index contributed by atoms with van der Waals surface area (Å²) in [5.74, 6) is 0. The van der Waals surface area contributed by atoms with Gasteiger partial charge in [-0.1, -0.05) is 131 Å². The zero-order valence-corrected chi connectivity index (χ0v) is 28.8. The maximum atomic E-state index is 6.23. The van der Waals surface area contributed by atoms with Gasteiger partial charge in [0.25, 0.3) is 0 Å². The Morgan fingerprint density at radius 1 is 0.400 bits per heavy atom. The molecule has 0 saturated carbocycles. The van der Waals surface area contributed by atoms with Crippen molar-refractivity contribution in [2.75, 3.05) is 4.90 Å². The van der Waals surface area contributed by atoms with Crippen molar-refractivity contribution in [3.05, 3.63) is 174 Å². The molecule has 240 valence electrons. The first-order valence-electron chi connectivity index (χ1n) is 17.6. The molecule has 2 nitrogen and oxygen atoms in total. The molecule has 0 fully saturated rings. The molecule has 0 spiro atoms. The number of hydrogen-bond acceptors (Lipinski definition) is 2. The van der Waals surface area contributed by atoms with Gasteiger partial charge < -0.3 is 9.32 Å². The number of fused-ring (bicyclic) bond motifs is 9. The van der Waals surface area contributed by atoms with Crippen LogP contribution in [0.5, 0.6) is 0 Å². The van der Waals surface area contributed by atoms with Gasteiger partial charge in [0, 0.05) is 38.5 Å². The molecule has 0 saturated heterocycles. The van der Waals surface area contributed by atoms with E-state index in [0.717, 1.165) is 44.6 Å². The number of para-hydroxylation sites is 2. The Bertz CT molecular complexity index is 2560. The Balaban J connectivity index is 1.22. The lowest BCUT2D eigenvalue weighted by atomic mass is 9.82. The van der Waals surface area contributed by atoms with Crippen LogP contribution in [0.1, 0.15) is 49.9 Å². The van der Waals surface area contributed by atoms with Crippen molar-refractivity contribution in [2.24, 2.45) is 0 Å². The number of furan rings is 1. The largest absolute Gasteiger partial charge is 0.456 e. The summed E-state index contributed by atoms with van der Waals surface area (Å²) in [7, 11) is 0. The van der Waals surface area contributed by atoms with Gasteiger partial charge >= 0.3 is 0 Å². The summed E-state index contributed by atoms with van der Waals surface area (Å²) < 4.78 is 6.23. The van der Waals surface area contributed by atoms with E-state index in [1.165, 1.54) is 50.1 Å². The molecule has 0 amide bonds. The summed E-state index contributed by atoms with van der Waals surface area (Å²) in [4.78, 5) is 2.47. The highest BCUT2D eigenvalue weighted by atomic mass is 16.3. The van der Waals surface area contributed by atoms with Crippen molar-refractivity contribution in [3.63, 3.8) is 0 Å². The minimum Gasteiger partial charge on any atom is -0.456 e. The van der Waals surface area contributed by atoms with Crippen LogP contribution >= 0.6 is 0 Å². The highest BCUT2D eigenvalue weighted by Crippen LogP contribution is 2.53. The monoisotopic (exact) mass is 643 g/mol. The molecule has 1 aromatic heterocycles. The highest BCUT2D eigenvalue weighted by Gasteiger charge is 2.37. The standard InChI is InChI=1S/C48H37NO/c1-47(2)40-17-9-5-14-34(40)37-28-31(22-24-42(37)47)49(32-23-25-43-38(29-32)35-15-6-10-18-41(35)48(43,3)4)44-19-11-7-13-33(44)30-21-26-46-39(27-30)36-16-8-12-20-45(36)50-46/h5-29H,1-4H3. The van der Waals surface area contributed by atoms with Gasteiger partial charge in [-0.25, -0.2) is 0 Å². The summed E-state index contributed by atoms with van der Waals surface area (Å²) in [5.41, 5.74) is 18.2. The predicted octanol–water partition coefficient (Wildman–Crippen LogP) is 13.3. The number of benzene rings is 7. The first kappa shape index (κ1) is 29.1. The van der Waals surface area contributed by atoms with Crippen LogP contribution in [0.15, 0.2) is 156 Å². The van der Waals surface area contributed by atoms with Gasteiger partial charge in [-0.3, -0.25) is 0 Å². The molecule has 8 aromatic rings. The predicted molar refractivity (Wildman–Crippen MR) is 209 cm³/mol. The lowest BCUT2D eigenvalue weighted by molar-refractivity contribution is 0.660. The summed E-state index contributed by atoms with van der Waals surface area (Å²) in [6.45, 7) is 9.39. The Kier molecular flexibility index (Phi) is 6.01. The van der Waals surface area contributed by atoms with Crippen LogP contribution in [0, 0.1) is 0 Å². The minimum atomic E-state index is -0.0567. The van der Waals surface area contributed by atoms with E-state index in [0.29, 0.717) is 0 Å². The first-order valence-corrected chi connectivity index (χ1v) is 17.6. The second-order valence-corrected chi connectivity index (χ2v) is 15.0. The van der Waals surface area contributed by atoms with Gasteiger partial charge in [-0.05, 0) is 98.6 Å². The molecular weight excluding hydrogens is 607 g/mol. The Morgan fingerprint density at radius 3 is 1.54 bits per heavy atom. The van der Waals surface area contributed by atoms with E-state index in [1.807, 2.05) is 12.1 Å². The van der Waals surface area contributed by atoms with Crippen LogP contribution in [-0.2, 0) is 10.8 Å². The number of rotatable bonds is 4. The Morgan fingerprint density at radius 2 is 0.900 bits per heavy atom. The number of anilines is 3. The third-order valence-electron chi connectivity index (χ3n) is 11.5. The maximum absolute atomic E-state index is 6.23. The van der Waals surface area contributed by atoms with E-state index in [1.54, 1.807) is 0 Å². The van der Waals surface area contributed by atoms with Crippen LogP contribution in [0.4, 0.5) is 17.1 Å². The van der Waals surface area contributed by atoms with Crippen LogP contribution in [0.2, 0.25) is 0 Å². The molecule has 0 aliphatic heterocycles. The van der Waals surface area contributed by atoms with E-state index >= 15 is 0 Å². The summed E-state index contributed by atoms with van der Waals surface area (Å²) in [5, 5.41) is 2.27. The lowest BCUT2D eigenvalue weighted by Crippen LogP contribution is -2.16. The smallest absolute Gasteiger partial charge is 0.135 e. The molecule has 2 aliphatic rings. The average Bonchev–Trinajstić information content (AvgIpc) is 3.71. The third-order valence-corrected chi connectivity index (χ3v) is 11.5. The van der Waals surface area contributed by atoms with Crippen molar-refractivity contribution in [1.29, 1.82) is 0 Å². The minimum absolute atomic E-state index is 0.0567. The van der Waals surface area contributed by atoms with Gasteiger partial charge in [0.05, 0.1) is 5.69 Å². The van der Waals surface area contributed by atoms with Gasteiger partial charge in [0.2, 0.25) is 0 Å². The zero-order valence-electron chi connectivity index (χ0n) is 28.8. The fourth-order valence-corrected chi connectivity index (χ4v) is 8.93. The fourth-order valence-electron chi connectivity index (χ4n) is 8.93. The zero-order chi connectivity index (χ0) is 33.8. The SMILES string of the molecule is CC1(C)c2ccccc2-c2cc(N(c3ccc4c(c3)-c3ccccc3C4(C)C)c3ccccc3-c3ccc4oc5ccccc5c4c3)ccc21. The molecule has 1 heterocycles. The molecule has 0 atom stereocenters. The van der Waals surface area contributed by atoms with Crippen LogP contribution in [0.25, 0.3) is 55.3 Å². The second-order valence-electron chi connectivity index (χ2n) is 15.0. The number of nitrogens with zero attached hydrogens (tertiary/aromatic N) is 1. The molecule has 7 aromatic carbocycles. The van der Waals surface area contributed by atoms with Crippen LogP contribution < -0.4 is 4.90 Å². The first-order chi connectivity index (χ1) is 24.3. The lowest BCUT2D eigenvalue weighted by Gasteiger charge is -2.30. The molecule has 0 radical (unpaired) electrons. The molecule has 2 heteroatoms. The maximum Gasteiger partial charge on any atom is 0.135 e. The normalized spacial score (nSPS) is 14.7. The average molecular weight is 644 g/mol. The molecular formula is C48H37NO. The van der Waals surface area contributed by atoms with Gasteiger partial charge in [-0.2, -0.15) is 0 Å². The quantitative estimate of drug-likeness (QED) is 0.190. The van der Waals surface area contributed by atoms with Crippen molar-refractivity contribution < 1.29 is 4.42 Å². The van der Waals surface area contributed by atoms with Gasteiger partial charge in [0.15, 0.2) is 0 Å². The summed E-state index contributed by atoms with van der Waals surface area (Å²) in [6.07, 6.45) is 0. The molecule has 2 aliphatic carbocycles. The van der Waals surface area contributed by atoms with E-state index in [2.05, 4.69) is 172 Å². The van der Waals surface area contributed by atoms with E-state index in [9.17, 15) is 0 Å². The summed E-state index contributed by atoms with van der Waals surface area (Å²) >= 11 is 0. The number of hydrogen-bond donors (Lipinski definition) is 0. The molecule has 0 unspecified atom stereocenters. The topological polar surface area (TPSA) is 16.4 Å². The Labute approximate surface area is 293 Å². The van der Waals surface area contributed by atoms with Crippen molar-refractivity contribution >= 4 is 39.0 Å². The van der Waals surface area contributed by atoms with Crippen molar-refractivity contribution in [3.8, 4) is 33.4 Å². The summed E-state index contributed by atoms with van der Waals surface area (Å²) in [6, 6.07) is 55.7. The van der Waals surface area contributed by atoms with E-state index in [4.69, 9.17) is 4.42 Å².